The highest BCUT2D eigenvalue weighted by molar-refractivity contribution is 7.89. The Kier molecular flexibility index (Phi) is 5.44. The van der Waals surface area contributed by atoms with Crippen LogP contribution in [0, 0.1) is 5.92 Å². The quantitative estimate of drug-likeness (QED) is 0.751. The molecule has 0 spiro atoms. The van der Waals surface area contributed by atoms with Gasteiger partial charge >= 0.3 is 0 Å². The van der Waals surface area contributed by atoms with Gasteiger partial charge in [0.15, 0.2) is 0 Å². The average molecular weight is 339 g/mol. The lowest BCUT2D eigenvalue weighted by Gasteiger charge is -2.42. The SMILES string of the molecule is CNC(=O)c1ccc(S(=O)(=O)NC2(CN)CCCCC2C)cc1. The van der Waals surface area contributed by atoms with Gasteiger partial charge in [0.05, 0.1) is 4.90 Å². The second-order valence-corrected chi connectivity index (χ2v) is 7.90. The molecule has 0 heterocycles. The Morgan fingerprint density at radius 3 is 2.48 bits per heavy atom. The first-order valence-corrected chi connectivity index (χ1v) is 9.39. The molecular weight excluding hydrogens is 314 g/mol. The average Bonchev–Trinajstić information content (AvgIpc) is 2.56. The molecule has 1 amide bonds. The second kappa shape index (κ2) is 6.98. The van der Waals surface area contributed by atoms with Crippen LogP contribution >= 0.6 is 0 Å². The summed E-state index contributed by atoms with van der Waals surface area (Å²) in [6, 6.07) is 5.91. The predicted molar refractivity (Wildman–Crippen MR) is 89.6 cm³/mol. The molecule has 2 unspecified atom stereocenters. The van der Waals surface area contributed by atoms with Gasteiger partial charge in [-0.3, -0.25) is 4.79 Å². The minimum Gasteiger partial charge on any atom is -0.355 e. The molecule has 1 aromatic rings. The van der Waals surface area contributed by atoms with Crippen molar-refractivity contribution >= 4 is 15.9 Å². The fourth-order valence-electron chi connectivity index (χ4n) is 3.17. The number of hydrogen-bond acceptors (Lipinski definition) is 4. The van der Waals surface area contributed by atoms with E-state index in [4.69, 9.17) is 5.73 Å². The van der Waals surface area contributed by atoms with Gasteiger partial charge in [-0.25, -0.2) is 13.1 Å². The molecule has 0 radical (unpaired) electrons. The first kappa shape index (κ1) is 17.9. The van der Waals surface area contributed by atoms with Gasteiger partial charge < -0.3 is 11.1 Å². The smallest absolute Gasteiger partial charge is 0.251 e. The van der Waals surface area contributed by atoms with Crippen molar-refractivity contribution in [3.63, 3.8) is 0 Å². The Morgan fingerprint density at radius 1 is 1.30 bits per heavy atom. The molecule has 0 saturated heterocycles. The highest BCUT2D eigenvalue weighted by Crippen LogP contribution is 2.34. The third kappa shape index (κ3) is 3.73. The van der Waals surface area contributed by atoms with E-state index in [9.17, 15) is 13.2 Å². The Labute approximate surface area is 137 Å². The minimum absolute atomic E-state index is 0.149. The third-order valence-electron chi connectivity index (χ3n) is 4.81. The molecule has 1 aromatic carbocycles. The maximum atomic E-state index is 12.7. The fraction of sp³-hybridized carbons (Fsp3) is 0.562. The summed E-state index contributed by atoms with van der Waals surface area (Å²) in [5, 5.41) is 2.51. The number of carbonyl (C=O) groups excluding carboxylic acids is 1. The predicted octanol–water partition coefficient (Wildman–Crippen LogP) is 1.23. The van der Waals surface area contributed by atoms with Crippen LogP contribution in [0.5, 0.6) is 0 Å². The summed E-state index contributed by atoms with van der Waals surface area (Å²) in [5.41, 5.74) is 5.75. The van der Waals surface area contributed by atoms with Crippen molar-refractivity contribution in [2.45, 2.75) is 43.0 Å². The van der Waals surface area contributed by atoms with E-state index in [1.165, 1.54) is 31.3 Å². The van der Waals surface area contributed by atoms with Gasteiger partial charge in [-0.2, -0.15) is 0 Å². The lowest BCUT2D eigenvalue weighted by atomic mass is 9.74. The van der Waals surface area contributed by atoms with Crippen molar-refractivity contribution in [2.75, 3.05) is 13.6 Å². The van der Waals surface area contributed by atoms with Crippen LogP contribution < -0.4 is 15.8 Å². The van der Waals surface area contributed by atoms with Crippen molar-refractivity contribution < 1.29 is 13.2 Å². The molecule has 2 atom stereocenters. The summed E-state index contributed by atoms with van der Waals surface area (Å²) >= 11 is 0. The van der Waals surface area contributed by atoms with E-state index in [1.54, 1.807) is 0 Å². The summed E-state index contributed by atoms with van der Waals surface area (Å²) in [6.45, 7) is 2.33. The number of nitrogens with two attached hydrogens (primary N) is 1. The van der Waals surface area contributed by atoms with Crippen molar-refractivity contribution in [2.24, 2.45) is 11.7 Å². The van der Waals surface area contributed by atoms with E-state index >= 15 is 0 Å². The number of amides is 1. The summed E-state index contributed by atoms with van der Waals surface area (Å²) in [6.07, 6.45) is 3.79. The summed E-state index contributed by atoms with van der Waals surface area (Å²) in [5.74, 6) is -0.0533. The molecule has 128 valence electrons. The molecule has 7 heteroatoms. The van der Waals surface area contributed by atoms with Crippen LogP contribution in [-0.2, 0) is 10.0 Å². The van der Waals surface area contributed by atoms with Crippen molar-refractivity contribution in [3.05, 3.63) is 29.8 Å². The molecule has 0 aromatic heterocycles. The fourth-order valence-corrected chi connectivity index (χ4v) is 4.70. The van der Waals surface area contributed by atoms with Gasteiger partial charge in [0.1, 0.15) is 0 Å². The van der Waals surface area contributed by atoms with Crippen LogP contribution in [0.4, 0.5) is 0 Å². The third-order valence-corrected chi connectivity index (χ3v) is 6.38. The van der Waals surface area contributed by atoms with E-state index in [0.717, 1.165) is 25.7 Å². The molecule has 23 heavy (non-hydrogen) atoms. The van der Waals surface area contributed by atoms with Gasteiger partial charge in [-0.05, 0) is 43.0 Å². The zero-order chi connectivity index (χ0) is 17.1. The van der Waals surface area contributed by atoms with Gasteiger partial charge in [0.25, 0.3) is 5.91 Å². The standard InChI is InChI=1S/C16H25N3O3S/c1-12-5-3-4-10-16(12,11-17)19-23(21,22)14-8-6-13(7-9-14)15(20)18-2/h6-9,12,19H,3-5,10-11,17H2,1-2H3,(H,18,20). The number of carbonyl (C=O) groups is 1. The lowest BCUT2D eigenvalue weighted by Crippen LogP contribution is -2.58. The second-order valence-electron chi connectivity index (χ2n) is 6.22. The number of rotatable bonds is 5. The van der Waals surface area contributed by atoms with E-state index in [1.807, 2.05) is 6.92 Å². The van der Waals surface area contributed by atoms with E-state index in [0.29, 0.717) is 5.56 Å². The van der Waals surface area contributed by atoms with Crippen LogP contribution in [0.2, 0.25) is 0 Å². The minimum atomic E-state index is -3.67. The molecule has 1 aliphatic carbocycles. The molecule has 1 aliphatic rings. The van der Waals surface area contributed by atoms with Gasteiger partial charge in [0.2, 0.25) is 10.0 Å². The van der Waals surface area contributed by atoms with Crippen LogP contribution in [0.3, 0.4) is 0 Å². The zero-order valence-electron chi connectivity index (χ0n) is 13.6. The van der Waals surface area contributed by atoms with Gasteiger partial charge in [-0.15, -0.1) is 0 Å². The summed E-state index contributed by atoms with van der Waals surface area (Å²) < 4.78 is 28.2. The Hall–Kier alpha value is -1.44. The zero-order valence-corrected chi connectivity index (χ0v) is 14.4. The van der Waals surface area contributed by atoms with Crippen molar-refractivity contribution in [1.82, 2.24) is 10.0 Å². The Bertz CT molecular complexity index is 658. The van der Waals surface area contributed by atoms with Crippen molar-refractivity contribution in [3.8, 4) is 0 Å². The summed E-state index contributed by atoms with van der Waals surface area (Å²) in [7, 11) is -2.14. The largest absolute Gasteiger partial charge is 0.355 e. The maximum Gasteiger partial charge on any atom is 0.251 e. The number of sulfonamides is 1. The van der Waals surface area contributed by atoms with Gasteiger partial charge in [0, 0.05) is 24.7 Å². The van der Waals surface area contributed by atoms with Crippen molar-refractivity contribution in [1.29, 1.82) is 0 Å². The van der Waals surface area contributed by atoms with Crippen LogP contribution in [-0.4, -0.2) is 33.5 Å². The van der Waals surface area contributed by atoms with E-state index in [2.05, 4.69) is 10.0 Å². The number of hydrogen-bond donors (Lipinski definition) is 3. The molecule has 6 nitrogen and oxygen atoms in total. The van der Waals surface area contributed by atoms with Crippen LogP contribution in [0.1, 0.15) is 43.0 Å². The van der Waals surface area contributed by atoms with E-state index in [-0.39, 0.29) is 23.3 Å². The first-order chi connectivity index (χ1) is 10.8. The highest BCUT2D eigenvalue weighted by atomic mass is 32.2. The number of nitrogens with one attached hydrogen (secondary N) is 2. The molecular formula is C16H25N3O3S. The molecule has 0 aliphatic heterocycles. The summed E-state index contributed by atoms with van der Waals surface area (Å²) in [4.78, 5) is 11.7. The number of benzene rings is 1. The maximum absolute atomic E-state index is 12.7. The first-order valence-electron chi connectivity index (χ1n) is 7.91. The van der Waals surface area contributed by atoms with Gasteiger partial charge in [-0.1, -0.05) is 19.8 Å². The highest BCUT2D eigenvalue weighted by Gasteiger charge is 2.40. The molecule has 2 rings (SSSR count). The van der Waals surface area contributed by atoms with Crippen LogP contribution in [0.15, 0.2) is 29.2 Å². The molecule has 0 bridgehead atoms. The monoisotopic (exact) mass is 339 g/mol. The van der Waals surface area contributed by atoms with Crippen LogP contribution in [0.25, 0.3) is 0 Å². The molecule has 1 saturated carbocycles. The van der Waals surface area contributed by atoms with E-state index < -0.39 is 15.6 Å². The Balaban J connectivity index is 2.25. The molecule has 4 N–H and O–H groups in total. The topological polar surface area (TPSA) is 101 Å². The Morgan fingerprint density at radius 2 is 1.96 bits per heavy atom. The normalized spacial score (nSPS) is 25.1. The lowest BCUT2D eigenvalue weighted by molar-refractivity contribution is 0.0963. The molecule has 1 fully saturated rings.